The smallest absolute Gasteiger partial charge is 0.428 e. The van der Waals surface area contributed by atoms with Crippen molar-refractivity contribution in [1.82, 2.24) is 10.3 Å². The number of hydrogen-bond donors (Lipinski definition) is 3. The zero-order chi connectivity index (χ0) is 27.1. The number of hydrogen-bond acceptors (Lipinski definition) is 9. The van der Waals surface area contributed by atoms with Gasteiger partial charge >= 0.3 is 6.09 Å². The van der Waals surface area contributed by atoms with Gasteiger partial charge in [0.15, 0.2) is 11.5 Å². The molecule has 11 nitrogen and oxygen atoms in total. The molecule has 1 saturated heterocycles. The van der Waals surface area contributed by atoms with E-state index in [1.807, 2.05) is 30.3 Å². The molecule has 2 aromatic carbocycles. The van der Waals surface area contributed by atoms with E-state index in [9.17, 15) is 24.6 Å². The molecule has 2 aromatic rings. The maximum Gasteiger partial charge on any atom is 0.428 e. The second-order valence-corrected chi connectivity index (χ2v) is 10.4. The molecular formula is C28H29N3O8. The van der Waals surface area contributed by atoms with Crippen LogP contribution in [-0.2, 0) is 27.5 Å². The largest absolute Gasteiger partial charge is 0.454 e. The molecule has 6 atom stereocenters. The minimum absolute atomic E-state index is 0.0434. The molecule has 2 aliphatic heterocycles. The summed E-state index contributed by atoms with van der Waals surface area (Å²) in [6.45, 7) is 0.273. The molecule has 0 spiro atoms. The van der Waals surface area contributed by atoms with Gasteiger partial charge in [0.2, 0.25) is 18.6 Å². The Morgan fingerprint density at radius 1 is 1.00 bits per heavy atom. The Hall–Kier alpha value is -3.96. The van der Waals surface area contributed by atoms with Gasteiger partial charge in [0.25, 0.3) is 0 Å². The molecule has 6 rings (SSSR count). The van der Waals surface area contributed by atoms with Crippen molar-refractivity contribution in [3.8, 4) is 11.5 Å². The van der Waals surface area contributed by atoms with Gasteiger partial charge in [0, 0.05) is 24.0 Å². The number of aliphatic hydroxyl groups excluding tert-OH is 2. The van der Waals surface area contributed by atoms with Crippen LogP contribution in [0.1, 0.15) is 30.4 Å². The highest BCUT2D eigenvalue weighted by Crippen LogP contribution is 2.50. The van der Waals surface area contributed by atoms with Crippen LogP contribution >= 0.6 is 0 Å². The summed E-state index contributed by atoms with van der Waals surface area (Å²) in [4.78, 5) is 40.4. The number of imide groups is 1. The minimum atomic E-state index is -1.20. The van der Waals surface area contributed by atoms with E-state index in [-0.39, 0.29) is 44.1 Å². The van der Waals surface area contributed by atoms with Crippen molar-refractivity contribution in [2.75, 3.05) is 6.79 Å². The lowest BCUT2D eigenvalue weighted by atomic mass is 9.60. The quantitative estimate of drug-likeness (QED) is 0.389. The van der Waals surface area contributed by atoms with Crippen LogP contribution in [0.5, 0.6) is 11.5 Å². The molecule has 39 heavy (non-hydrogen) atoms. The first-order valence-electron chi connectivity index (χ1n) is 13.0. The third-order valence-electron chi connectivity index (χ3n) is 8.15. The minimum Gasteiger partial charge on any atom is -0.454 e. The zero-order valence-electron chi connectivity index (χ0n) is 21.1. The lowest BCUT2D eigenvalue weighted by Crippen LogP contribution is -2.55. The van der Waals surface area contributed by atoms with Crippen molar-refractivity contribution in [1.29, 1.82) is 0 Å². The van der Waals surface area contributed by atoms with Gasteiger partial charge in [-0.25, -0.2) is 10.2 Å². The molecule has 2 saturated carbocycles. The first-order valence-corrected chi connectivity index (χ1v) is 13.0. The fraction of sp³-hybridized carbons (Fsp3) is 0.429. The van der Waals surface area contributed by atoms with Crippen molar-refractivity contribution in [3.63, 3.8) is 0 Å². The van der Waals surface area contributed by atoms with Crippen LogP contribution in [0.2, 0.25) is 0 Å². The Kier molecular flexibility index (Phi) is 6.69. The molecule has 11 heteroatoms. The SMILES string of the molecule is O=C(NN=C1C[C@@H](O)[C@H](O)[C@H]2[C@@H]3C(=O)N(Cc4ccc5c(c4)OCO5)C(=O)[C@@H]3CC[C@H]12)OCc1ccccc1. The van der Waals surface area contributed by atoms with Crippen LogP contribution in [0.25, 0.3) is 0 Å². The monoisotopic (exact) mass is 535 g/mol. The highest BCUT2D eigenvalue weighted by molar-refractivity contribution is 6.06. The van der Waals surface area contributed by atoms with E-state index in [4.69, 9.17) is 14.2 Å². The van der Waals surface area contributed by atoms with Gasteiger partial charge in [0.1, 0.15) is 6.61 Å². The lowest BCUT2D eigenvalue weighted by molar-refractivity contribution is -0.142. The van der Waals surface area contributed by atoms with Crippen LogP contribution in [0.3, 0.4) is 0 Å². The maximum absolute atomic E-state index is 13.6. The number of fused-ring (bicyclic) bond motifs is 4. The second-order valence-electron chi connectivity index (χ2n) is 10.4. The molecule has 204 valence electrons. The molecule has 0 aromatic heterocycles. The number of ether oxygens (including phenoxy) is 3. The summed E-state index contributed by atoms with van der Waals surface area (Å²) < 4.78 is 16.0. The molecular weight excluding hydrogens is 506 g/mol. The predicted molar refractivity (Wildman–Crippen MR) is 135 cm³/mol. The number of carbonyl (C=O) groups is 3. The molecule has 0 radical (unpaired) electrons. The summed E-state index contributed by atoms with van der Waals surface area (Å²) in [5, 5.41) is 25.9. The molecule has 4 aliphatic rings. The van der Waals surface area contributed by atoms with Crippen LogP contribution in [0.15, 0.2) is 53.6 Å². The van der Waals surface area contributed by atoms with Crippen molar-refractivity contribution < 1.29 is 38.8 Å². The van der Waals surface area contributed by atoms with Crippen LogP contribution in [0, 0.1) is 23.7 Å². The van der Waals surface area contributed by atoms with Gasteiger partial charge < -0.3 is 24.4 Å². The first kappa shape index (κ1) is 25.3. The van der Waals surface area contributed by atoms with Gasteiger partial charge in [-0.05, 0) is 36.1 Å². The third kappa shape index (κ3) is 4.72. The summed E-state index contributed by atoms with van der Waals surface area (Å²) >= 11 is 0. The fourth-order valence-electron chi connectivity index (χ4n) is 6.31. The first-order chi connectivity index (χ1) is 18.9. The van der Waals surface area contributed by atoms with Gasteiger partial charge in [-0.3, -0.25) is 14.5 Å². The van der Waals surface area contributed by atoms with E-state index in [0.29, 0.717) is 30.1 Å². The summed E-state index contributed by atoms with van der Waals surface area (Å²) in [5.74, 6) is -1.94. The Labute approximate surface area is 224 Å². The van der Waals surface area contributed by atoms with Gasteiger partial charge in [-0.2, -0.15) is 5.10 Å². The lowest BCUT2D eigenvalue weighted by Gasteiger charge is -2.45. The van der Waals surface area contributed by atoms with E-state index < -0.39 is 36.1 Å². The highest BCUT2D eigenvalue weighted by Gasteiger charge is 2.59. The second kappa shape index (κ2) is 10.3. The van der Waals surface area contributed by atoms with Gasteiger partial charge in [-0.1, -0.05) is 36.4 Å². The Morgan fingerprint density at radius 2 is 1.77 bits per heavy atom. The molecule has 3 N–H and O–H groups in total. The summed E-state index contributed by atoms with van der Waals surface area (Å²) in [6.07, 6.45) is -2.16. The average molecular weight is 536 g/mol. The fourth-order valence-corrected chi connectivity index (χ4v) is 6.31. The number of benzene rings is 2. The third-order valence-corrected chi connectivity index (χ3v) is 8.15. The Bertz CT molecular complexity index is 1320. The van der Waals surface area contributed by atoms with E-state index in [0.717, 1.165) is 11.1 Å². The van der Waals surface area contributed by atoms with Crippen LogP contribution < -0.4 is 14.9 Å². The Morgan fingerprint density at radius 3 is 2.59 bits per heavy atom. The zero-order valence-corrected chi connectivity index (χ0v) is 21.1. The van der Waals surface area contributed by atoms with Crippen molar-refractivity contribution in [2.45, 2.75) is 44.6 Å². The number of hydrazone groups is 1. The molecule has 0 unspecified atom stereocenters. The van der Waals surface area contributed by atoms with Crippen LogP contribution in [-0.4, -0.2) is 57.7 Å². The number of rotatable bonds is 5. The topological polar surface area (TPSA) is 147 Å². The summed E-state index contributed by atoms with van der Waals surface area (Å²) in [5.41, 5.74) is 4.40. The standard InChI is InChI=1S/C28H29N3O8/c32-20-11-19(29-30-28(36)37-13-15-4-2-1-3-5-15)17-7-8-18-24(23(17)25(20)33)27(35)31(26(18)34)12-16-6-9-21-22(10-16)39-14-38-21/h1-6,9-10,17-18,20,23-25,32-33H,7-8,11-14H2,(H,30,36)/t17-,18-,20-,23-,24-,25+/m1/s1. The molecule has 3 fully saturated rings. The highest BCUT2D eigenvalue weighted by atomic mass is 16.7. The Balaban J connectivity index is 1.17. The van der Waals surface area contributed by atoms with Crippen LogP contribution in [0.4, 0.5) is 4.79 Å². The molecule has 2 aliphatic carbocycles. The van der Waals surface area contributed by atoms with Gasteiger partial charge in [0.05, 0.1) is 30.6 Å². The average Bonchev–Trinajstić information content (AvgIpc) is 3.51. The summed E-state index contributed by atoms with van der Waals surface area (Å²) in [7, 11) is 0. The number of nitrogens with zero attached hydrogens (tertiary/aromatic N) is 2. The molecule has 3 amide bonds. The van der Waals surface area contributed by atoms with Crippen molar-refractivity contribution in [2.24, 2.45) is 28.8 Å². The van der Waals surface area contributed by atoms with E-state index in [1.165, 1.54) is 4.90 Å². The number of nitrogens with one attached hydrogen (secondary N) is 1. The molecule has 2 heterocycles. The van der Waals surface area contributed by atoms with E-state index in [1.54, 1.807) is 18.2 Å². The van der Waals surface area contributed by atoms with Gasteiger partial charge in [-0.15, -0.1) is 0 Å². The van der Waals surface area contributed by atoms with E-state index in [2.05, 4.69) is 10.5 Å². The number of likely N-dealkylation sites (tertiary alicyclic amines) is 1. The normalized spacial score (nSPS) is 30.2. The molecule has 0 bridgehead atoms. The van der Waals surface area contributed by atoms with E-state index >= 15 is 0 Å². The predicted octanol–water partition coefficient (Wildman–Crippen LogP) is 1.95. The maximum atomic E-state index is 13.6. The summed E-state index contributed by atoms with van der Waals surface area (Å²) in [6, 6.07) is 14.5. The number of amides is 3. The van der Waals surface area contributed by atoms with Crippen molar-refractivity contribution >= 4 is 23.6 Å². The van der Waals surface area contributed by atoms with Crippen molar-refractivity contribution in [3.05, 3.63) is 59.7 Å². The number of carbonyl (C=O) groups excluding carboxylic acids is 3. The number of aliphatic hydroxyl groups is 2.